The monoisotopic (exact) mass is 256 g/mol. The van der Waals surface area contributed by atoms with E-state index in [-0.39, 0.29) is 6.10 Å². The van der Waals surface area contributed by atoms with Crippen LogP contribution in [0.15, 0.2) is 54.6 Å². The van der Waals surface area contributed by atoms with Crippen LogP contribution in [0.4, 0.5) is 0 Å². The van der Waals surface area contributed by atoms with Crippen LogP contribution in [0.5, 0.6) is 0 Å². The van der Waals surface area contributed by atoms with Crippen LogP contribution < -0.4 is 0 Å². The van der Waals surface area contributed by atoms with E-state index in [1.165, 1.54) is 0 Å². The van der Waals surface area contributed by atoms with E-state index in [1.54, 1.807) is 0 Å². The molecular weight excluding hydrogens is 240 g/mol. The molecule has 0 spiro atoms. The van der Waals surface area contributed by atoms with Gasteiger partial charge in [-0.1, -0.05) is 54.6 Å². The molecule has 0 aliphatic carbocycles. The van der Waals surface area contributed by atoms with Crippen LogP contribution in [-0.4, -0.2) is 11.7 Å². The fourth-order valence-electron chi connectivity index (χ4n) is 2.32. The van der Waals surface area contributed by atoms with E-state index >= 15 is 0 Å². The average Bonchev–Trinajstić information content (AvgIpc) is 2.78. The van der Waals surface area contributed by atoms with E-state index in [0.717, 1.165) is 16.7 Å². The van der Waals surface area contributed by atoms with Gasteiger partial charge in [-0.3, -0.25) is 0 Å². The Hall–Kier alpha value is -1.68. The summed E-state index contributed by atoms with van der Waals surface area (Å²) in [7, 11) is 0. The molecule has 3 nitrogen and oxygen atoms in total. The third-order valence-corrected chi connectivity index (χ3v) is 3.28. The number of hydrogen-bond acceptors (Lipinski definition) is 3. The topological polar surface area (TPSA) is 38.7 Å². The van der Waals surface area contributed by atoms with Crippen LogP contribution >= 0.6 is 0 Å². The first-order chi connectivity index (χ1) is 9.34. The Morgan fingerprint density at radius 2 is 1.63 bits per heavy atom. The van der Waals surface area contributed by atoms with Crippen molar-refractivity contribution in [3.05, 3.63) is 71.3 Å². The normalized spacial score (nSPS) is 21.3. The molecule has 98 valence electrons. The summed E-state index contributed by atoms with van der Waals surface area (Å²) in [6.45, 7) is 1.00. The summed E-state index contributed by atoms with van der Waals surface area (Å²) in [5, 5.41) is 9.79. The highest BCUT2D eigenvalue weighted by Crippen LogP contribution is 2.37. The maximum Gasteiger partial charge on any atom is 0.182 e. The standard InChI is InChI=1S/C16H16O3/c17-16-14-9-5-4-8-13(14)15(19-16)11-18-10-12-6-2-1-3-7-12/h1-9,15-17H,10-11H2/t15-,16+/m1/s1. The van der Waals surface area contributed by atoms with Gasteiger partial charge in [0.1, 0.15) is 6.10 Å². The van der Waals surface area contributed by atoms with E-state index in [0.29, 0.717) is 13.2 Å². The van der Waals surface area contributed by atoms with Crippen LogP contribution in [-0.2, 0) is 16.1 Å². The first kappa shape index (κ1) is 12.4. The van der Waals surface area contributed by atoms with Gasteiger partial charge in [0.15, 0.2) is 6.29 Å². The molecule has 2 atom stereocenters. The SMILES string of the molecule is O[C@H]1O[C@H](COCc2ccccc2)c2ccccc21. The van der Waals surface area contributed by atoms with Gasteiger partial charge >= 0.3 is 0 Å². The van der Waals surface area contributed by atoms with Gasteiger partial charge < -0.3 is 14.6 Å². The summed E-state index contributed by atoms with van der Waals surface area (Å²) >= 11 is 0. The van der Waals surface area contributed by atoms with Crippen LogP contribution in [0, 0.1) is 0 Å². The molecule has 3 heteroatoms. The molecule has 3 rings (SSSR count). The highest BCUT2D eigenvalue weighted by molar-refractivity contribution is 5.33. The van der Waals surface area contributed by atoms with Gasteiger partial charge in [0.25, 0.3) is 0 Å². The maximum atomic E-state index is 9.79. The van der Waals surface area contributed by atoms with Crippen molar-refractivity contribution in [3.63, 3.8) is 0 Å². The molecule has 2 aromatic rings. The molecule has 1 aliphatic heterocycles. The first-order valence-electron chi connectivity index (χ1n) is 6.38. The fourth-order valence-corrected chi connectivity index (χ4v) is 2.32. The Kier molecular flexibility index (Phi) is 3.60. The molecule has 19 heavy (non-hydrogen) atoms. The Balaban J connectivity index is 1.60. The lowest BCUT2D eigenvalue weighted by atomic mass is 10.1. The van der Waals surface area contributed by atoms with E-state index in [4.69, 9.17) is 9.47 Å². The van der Waals surface area contributed by atoms with E-state index < -0.39 is 6.29 Å². The van der Waals surface area contributed by atoms with Crippen molar-refractivity contribution in [2.75, 3.05) is 6.61 Å². The zero-order valence-corrected chi connectivity index (χ0v) is 10.5. The molecule has 1 heterocycles. The minimum absolute atomic E-state index is 0.185. The molecule has 0 bridgehead atoms. The van der Waals surface area contributed by atoms with Crippen molar-refractivity contribution < 1.29 is 14.6 Å². The summed E-state index contributed by atoms with van der Waals surface area (Å²) in [6, 6.07) is 17.7. The van der Waals surface area contributed by atoms with Crippen molar-refractivity contribution in [2.24, 2.45) is 0 Å². The van der Waals surface area contributed by atoms with Crippen LogP contribution in [0.1, 0.15) is 29.1 Å². The van der Waals surface area contributed by atoms with Crippen molar-refractivity contribution in [1.29, 1.82) is 0 Å². The molecule has 0 amide bonds. The third-order valence-electron chi connectivity index (χ3n) is 3.28. The summed E-state index contributed by atoms with van der Waals surface area (Å²) in [6.07, 6.45) is -1.02. The number of rotatable bonds is 4. The van der Waals surface area contributed by atoms with E-state index in [1.807, 2.05) is 54.6 Å². The van der Waals surface area contributed by atoms with Gasteiger partial charge in [-0.05, 0) is 11.1 Å². The van der Waals surface area contributed by atoms with E-state index in [2.05, 4.69) is 0 Å². The molecule has 2 aromatic carbocycles. The number of ether oxygens (including phenoxy) is 2. The number of aliphatic hydroxyl groups excluding tert-OH is 1. The van der Waals surface area contributed by atoms with E-state index in [9.17, 15) is 5.11 Å². The summed E-state index contributed by atoms with van der Waals surface area (Å²) in [5.74, 6) is 0. The lowest BCUT2D eigenvalue weighted by Crippen LogP contribution is -2.07. The van der Waals surface area contributed by atoms with Gasteiger partial charge in [-0.2, -0.15) is 0 Å². The molecule has 1 N–H and O–H groups in total. The predicted molar refractivity (Wildman–Crippen MR) is 71.3 cm³/mol. The average molecular weight is 256 g/mol. The Bertz CT molecular complexity index is 539. The largest absolute Gasteiger partial charge is 0.374 e. The Labute approximate surface area is 112 Å². The fraction of sp³-hybridized carbons (Fsp3) is 0.250. The van der Waals surface area contributed by atoms with Crippen molar-refractivity contribution in [1.82, 2.24) is 0 Å². The molecule has 0 saturated carbocycles. The smallest absolute Gasteiger partial charge is 0.182 e. The highest BCUT2D eigenvalue weighted by atomic mass is 16.6. The molecule has 0 unspecified atom stereocenters. The molecule has 0 aromatic heterocycles. The maximum absolute atomic E-state index is 9.79. The summed E-state index contributed by atoms with van der Waals surface area (Å²) in [4.78, 5) is 0. The third kappa shape index (κ3) is 2.68. The zero-order valence-electron chi connectivity index (χ0n) is 10.5. The highest BCUT2D eigenvalue weighted by Gasteiger charge is 2.29. The zero-order chi connectivity index (χ0) is 13.1. The predicted octanol–water partition coefficient (Wildman–Crippen LogP) is 2.97. The molecule has 0 fully saturated rings. The van der Waals surface area contributed by atoms with Gasteiger partial charge in [0, 0.05) is 5.56 Å². The number of benzene rings is 2. The van der Waals surface area contributed by atoms with Crippen molar-refractivity contribution in [3.8, 4) is 0 Å². The van der Waals surface area contributed by atoms with Crippen molar-refractivity contribution in [2.45, 2.75) is 19.0 Å². The van der Waals surface area contributed by atoms with Crippen molar-refractivity contribution >= 4 is 0 Å². The number of aliphatic hydroxyl groups is 1. The number of hydrogen-bond donors (Lipinski definition) is 1. The second-order valence-corrected chi connectivity index (χ2v) is 4.61. The molecule has 0 saturated heterocycles. The van der Waals surface area contributed by atoms with Crippen LogP contribution in [0.25, 0.3) is 0 Å². The van der Waals surface area contributed by atoms with Gasteiger partial charge in [-0.25, -0.2) is 0 Å². The van der Waals surface area contributed by atoms with Gasteiger partial charge in [0.2, 0.25) is 0 Å². The second-order valence-electron chi connectivity index (χ2n) is 4.61. The summed E-state index contributed by atoms with van der Waals surface area (Å²) in [5.41, 5.74) is 2.99. The van der Waals surface area contributed by atoms with Crippen LogP contribution in [0.3, 0.4) is 0 Å². The second kappa shape index (κ2) is 5.53. The molecular formula is C16H16O3. The van der Waals surface area contributed by atoms with Crippen LogP contribution in [0.2, 0.25) is 0 Å². The lowest BCUT2D eigenvalue weighted by molar-refractivity contribution is -0.139. The Morgan fingerprint density at radius 1 is 0.947 bits per heavy atom. The lowest BCUT2D eigenvalue weighted by Gasteiger charge is -2.12. The minimum Gasteiger partial charge on any atom is -0.374 e. The first-order valence-corrected chi connectivity index (χ1v) is 6.38. The van der Waals surface area contributed by atoms with Gasteiger partial charge in [-0.15, -0.1) is 0 Å². The molecule has 0 radical (unpaired) electrons. The Morgan fingerprint density at radius 3 is 2.42 bits per heavy atom. The minimum atomic E-state index is -0.832. The number of fused-ring (bicyclic) bond motifs is 1. The summed E-state index contributed by atoms with van der Waals surface area (Å²) < 4.78 is 11.2. The molecule has 1 aliphatic rings. The van der Waals surface area contributed by atoms with Gasteiger partial charge in [0.05, 0.1) is 13.2 Å². The quantitative estimate of drug-likeness (QED) is 0.914.